The molecule has 4 rings (SSSR count). The number of anilines is 1. The van der Waals surface area contributed by atoms with E-state index in [1.54, 1.807) is 35.0 Å². The maximum Gasteiger partial charge on any atom is 0.246 e. The van der Waals surface area contributed by atoms with Crippen LogP contribution in [0.3, 0.4) is 0 Å². The minimum absolute atomic E-state index is 0.0345. The van der Waals surface area contributed by atoms with Gasteiger partial charge in [-0.2, -0.15) is 9.82 Å². The molecule has 0 aliphatic carbocycles. The van der Waals surface area contributed by atoms with E-state index in [-0.39, 0.29) is 17.6 Å². The summed E-state index contributed by atoms with van der Waals surface area (Å²) in [7, 11) is -2.13. The third-order valence-electron chi connectivity index (χ3n) is 4.46. The van der Waals surface area contributed by atoms with Crippen LogP contribution in [-0.4, -0.2) is 43.5 Å². The van der Waals surface area contributed by atoms with E-state index in [0.717, 1.165) is 0 Å². The number of rotatable bonds is 4. The molecule has 3 heterocycles. The number of hydrogen-bond acceptors (Lipinski definition) is 6. The van der Waals surface area contributed by atoms with Gasteiger partial charge in [-0.05, 0) is 25.0 Å². The highest BCUT2D eigenvalue weighted by Crippen LogP contribution is 2.34. The van der Waals surface area contributed by atoms with Gasteiger partial charge in [0.15, 0.2) is 11.5 Å². The van der Waals surface area contributed by atoms with Gasteiger partial charge in [-0.3, -0.25) is 14.4 Å². The van der Waals surface area contributed by atoms with Crippen LogP contribution in [0.1, 0.15) is 12.8 Å². The molecule has 0 bridgehead atoms. The average molecular weight is 378 g/mol. The number of nitrogens with one attached hydrogen (secondary N) is 1. The summed E-state index contributed by atoms with van der Waals surface area (Å²) in [6, 6.07) is 5.28. The molecule has 1 aromatic carbocycles. The number of aromatic nitrogens is 2. The molecule has 1 saturated heterocycles. The molecular weight excluding hydrogens is 360 g/mol. The zero-order valence-corrected chi connectivity index (χ0v) is 14.9. The summed E-state index contributed by atoms with van der Waals surface area (Å²) >= 11 is 0. The molecule has 10 heteroatoms. The highest BCUT2D eigenvalue weighted by molar-refractivity contribution is 7.89. The van der Waals surface area contributed by atoms with Crippen molar-refractivity contribution in [1.29, 1.82) is 0 Å². The van der Waals surface area contributed by atoms with Crippen LogP contribution in [0.25, 0.3) is 0 Å². The van der Waals surface area contributed by atoms with Crippen molar-refractivity contribution in [3.63, 3.8) is 0 Å². The number of benzene rings is 1. The second-order valence-corrected chi connectivity index (χ2v) is 7.85. The Kier molecular flexibility index (Phi) is 4.08. The highest BCUT2D eigenvalue weighted by Gasteiger charge is 2.34. The predicted octanol–water partition coefficient (Wildman–Crippen LogP) is 0.623. The molecular formula is C16H18N4O5S. The number of sulfonamides is 1. The average Bonchev–Trinajstić information content (AvgIpc) is 3.24. The maximum absolute atomic E-state index is 12.8. The highest BCUT2D eigenvalue weighted by atomic mass is 32.2. The van der Waals surface area contributed by atoms with Gasteiger partial charge < -0.3 is 9.47 Å². The molecule has 0 spiro atoms. The van der Waals surface area contributed by atoms with Crippen LogP contribution in [-0.2, 0) is 21.9 Å². The van der Waals surface area contributed by atoms with Crippen LogP contribution in [0.2, 0.25) is 0 Å². The molecule has 9 nitrogen and oxygen atoms in total. The van der Waals surface area contributed by atoms with Gasteiger partial charge >= 0.3 is 0 Å². The van der Waals surface area contributed by atoms with E-state index in [1.165, 1.54) is 12.1 Å². The van der Waals surface area contributed by atoms with E-state index >= 15 is 0 Å². The number of piperidine rings is 1. The fourth-order valence-electron chi connectivity index (χ4n) is 3.14. The lowest BCUT2D eigenvalue weighted by atomic mass is 10.1. The molecule has 2 aromatic rings. The monoisotopic (exact) mass is 378 g/mol. The third kappa shape index (κ3) is 2.90. The molecule has 1 atom stereocenters. The predicted molar refractivity (Wildman–Crippen MR) is 91.5 cm³/mol. The lowest BCUT2D eigenvalue weighted by molar-refractivity contribution is -0.121. The van der Waals surface area contributed by atoms with Crippen molar-refractivity contribution in [3.05, 3.63) is 30.5 Å². The van der Waals surface area contributed by atoms with Crippen molar-refractivity contribution in [1.82, 2.24) is 14.5 Å². The van der Waals surface area contributed by atoms with Gasteiger partial charge in [0.05, 0.1) is 11.1 Å². The fraction of sp³-hybridized carbons (Fsp3) is 0.375. The zero-order valence-electron chi connectivity index (χ0n) is 14.1. The van der Waals surface area contributed by atoms with Gasteiger partial charge in [0.2, 0.25) is 22.7 Å². The number of fused-ring (bicyclic) bond motifs is 1. The van der Waals surface area contributed by atoms with Crippen LogP contribution >= 0.6 is 0 Å². The lowest BCUT2D eigenvalue weighted by Crippen LogP contribution is -2.52. The molecule has 2 aliphatic rings. The van der Waals surface area contributed by atoms with E-state index in [4.69, 9.17) is 9.47 Å². The summed E-state index contributed by atoms with van der Waals surface area (Å²) in [6.45, 7) is 0.591. The van der Waals surface area contributed by atoms with Gasteiger partial charge in [0.1, 0.15) is 11.9 Å². The number of hydrogen-bond donors (Lipinski definition) is 1. The van der Waals surface area contributed by atoms with Crippen LogP contribution in [0, 0.1) is 0 Å². The fourth-order valence-corrected chi connectivity index (χ4v) is 4.38. The number of carbonyl (C=O) groups is 1. The van der Waals surface area contributed by atoms with Crippen molar-refractivity contribution < 1.29 is 22.7 Å². The van der Waals surface area contributed by atoms with Crippen molar-refractivity contribution in [3.8, 4) is 11.5 Å². The number of ether oxygens (including phenoxy) is 2. The Morgan fingerprint density at radius 2 is 2.04 bits per heavy atom. The molecule has 26 heavy (non-hydrogen) atoms. The second kappa shape index (κ2) is 6.29. The Bertz CT molecular complexity index is 955. The molecule has 1 fully saturated rings. The Morgan fingerprint density at radius 1 is 1.23 bits per heavy atom. The van der Waals surface area contributed by atoms with Crippen LogP contribution < -0.4 is 19.1 Å². The van der Waals surface area contributed by atoms with Gasteiger partial charge in [0, 0.05) is 25.7 Å². The molecule has 1 N–H and O–H groups in total. The first-order valence-electron chi connectivity index (χ1n) is 8.17. The van der Waals surface area contributed by atoms with E-state index in [9.17, 15) is 13.2 Å². The van der Waals surface area contributed by atoms with E-state index < -0.39 is 16.1 Å². The Hall–Kier alpha value is -2.59. The molecule has 1 aromatic heterocycles. The standard InChI is InChI=1S/C16H18N4O5S/c1-19-15(6-7-17-19)20-8-2-3-12(16(20)21)18-26(22,23)11-4-5-13-14(9-11)25-10-24-13/h4-7,9,12,18H,2-3,8,10H2,1H3/t12-/m0/s1. The maximum atomic E-state index is 12.8. The Morgan fingerprint density at radius 3 is 2.81 bits per heavy atom. The number of amides is 1. The minimum atomic E-state index is -3.87. The summed E-state index contributed by atoms with van der Waals surface area (Å²) in [5.74, 6) is 1.23. The first-order chi connectivity index (χ1) is 12.5. The van der Waals surface area contributed by atoms with Crippen molar-refractivity contribution >= 4 is 21.7 Å². The summed E-state index contributed by atoms with van der Waals surface area (Å²) in [6.07, 6.45) is 2.73. The first-order valence-corrected chi connectivity index (χ1v) is 9.65. The molecule has 0 saturated carbocycles. The number of nitrogens with zero attached hydrogens (tertiary/aromatic N) is 3. The van der Waals surface area contributed by atoms with Crippen molar-refractivity contribution in [2.75, 3.05) is 18.2 Å². The van der Waals surface area contributed by atoms with E-state index in [1.807, 2.05) is 0 Å². The topological polar surface area (TPSA) is 103 Å². The van der Waals surface area contributed by atoms with Crippen molar-refractivity contribution in [2.45, 2.75) is 23.8 Å². The van der Waals surface area contributed by atoms with Crippen LogP contribution in [0.15, 0.2) is 35.4 Å². The summed E-state index contributed by atoms with van der Waals surface area (Å²) in [4.78, 5) is 14.4. The van der Waals surface area contributed by atoms with Crippen LogP contribution in [0.4, 0.5) is 5.82 Å². The summed E-state index contributed by atoms with van der Waals surface area (Å²) in [5.41, 5.74) is 0. The van der Waals surface area contributed by atoms with Gasteiger partial charge in [-0.1, -0.05) is 0 Å². The quantitative estimate of drug-likeness (QED) is 0.837. The summed E-state index contributed by atoms with van der Waals surface area (Å²) < 4.78 is 39.9. The number of carbonyl (C=O) groups excluding carboxylic acids is 1. The zero-order chi connectivity index (χ0) is 18.3. The number of aryl methyl sites for hydroxylation is 1. The first kappa shape index (κ1) is 16.9. The Labute approximate surface area is 150 Å². The normalized spacial score (nSPS) is 19.8. The second-order valence-electron chi connectivity index (χ2n) is 6.13. The third-order valence-corrected chi connectivity index (χ3v) is 5.93. The minimum Gasteiger partial charge on any atom is -0.454 e. The van der Waals surface area contributed by atoms with Gasteiger partial charge in [0.25, 0.3) is 0 Å². The molecule has 0 radical (unpaired) electrons. The molecule has 0 unspecified atom stereocenters. The Balaban J connectivity index is 1.56. The summed E-state index contributed by atoms with van der Waals surface area (Å²) in [5, 5.41) is 4.07. The van der Waals surface area contributed by atoms with Gasteiger partial charge in [-0.15, -0.1) is 0 Å². The molecule has 2 aliphatic heterocycles. The SMILES string of the molecule is Cn1nccc1N1CCC[C@H](NS(=O)(=O)c2ccc3c(c2)OCO3)C1=O. The van der Waals surface area contributed by atoms with E-state index in [2.05, 4.69) is 9.82 Å². The van der Waals surface area contributed by atoms with Crippen molar-refractivity contribution in [2.24, 2.45) is 7.05 Å². The lowest BCUT2D eigenvalue weighted by Gasteiger charge is -2.32. The van der Waals surface area contributed by atoms with Crippen LogP contribution in [0.5, 0.6) is 11.5 Å². The van der Waals surface area contributed by atoms with Gasteiger partial charge in [-0.25, -0.2) is 8.42 Å². The molecule has 138 valence electrons. The van der Waals surface area contributed by atoms with E-state index in [0.29, 0.717) is 36.7 Å². The largest absolute Gasteiger partial charge is 0.454 e. The molecule has 1 amide bonds. The smallest absolute Gasteiger partial charge is 0.246 e.